The standard InChI is InChI=1S/C10H12FO/c11-10-7-2-1-5-9(10)6-3-4-8-12/h1-2,5,7H,3-4,6,8H2. The van der Waals surface area contributed by atoms with Crippen LogP contribution in [-0.2, 0) is 11.5 Å². The zero-order valence-electron chi connectivity index (χ0n) is 6.92. The number of unbranched alkanes of at least 4 members (excludes halogenated alkanes) is 1. The van der Waals surface area contributed by atoms with Crippen molar-refractivity contribution in [2.45, 2.75) is 19.3 Å². The molecule has 0 saturated carbocycles. The van der Waals surface area contributed by atoms with Gasteiger partial charge in [0.1, 0.15) is 5.82 Å². The van der Waals surface area contributed by atoms with Gasteiger partial charge < -0.3 is 0 Å². The quantitative estimate of drug-likeness (QED) is 0.614. The molecular formula is C10H12FO. The van der Waals surface area contributed by atoms with E-state index in [1.54, 1.807) is 12.1 Å². The van der Waals surface area contributed by atoms with Crippen LogP contribution in [-0.4, -0.2) is 6.61 Å². The van der Waals surface area contributed by atoms with E-state index in [-0.39, 0.29) is 12.4 Å². The largest absolute Gasteiger partial charge is 0.237 e. The number of hydrogen-bond acceptors (Lipinski definition) is 0. The maximum Gasteiger partial charge on any atom is 0.126 e. The van der Waals surface area contributed by atoms with Crippen molar-refractivity contribution in [2.24, 2.45) is 0 Å². The molecule has 0 fully saturated rings. The third kappa shape index (κ3) is 2.62. The molecular weight excluding hydrogens is 155 g/mol. The Labute approximate surface area is 71.9 Å². The Morgan fingerprint density at radius 3 is 2.58 bits per heavy atom. The molecule has 0 aromatic heterocycles. The Kier molecular flexibility index (Phi) is 3.74. The van der Waals surface area contributed by atoms with Gasteiger partial charge in [-0.3, -0.25) is 0 Å². The van der Waals surface area contributed by atoms with Crippen LogP contribution in [0.25, 0.3) is 0 Å². The predicted octanol–water partition coefficient (Wildman–Crippen LogP) is 2.58. The molecule has 2 heteroatoms. The Morgan fingerprint density at radius 2 is 1.92 bits per heavy atom. The maximum atomic E-state index is 12.9. The van der Waals surface area contributed by atoms with Crippen molar-refractivity contribution >= 4 is 0 Å². The summed E-state index contributed by atoms with van der Waals surface area (Å²) in [6.07, 6.45) is 2.09. The van der Waals surface area contributed by atoms with E-state index in [4.69, 9.17) is 0 Å². The van der Waals surface area contributed by atoms with Crippen LogP contribution >= 0.6 is 0 Å². The molecule has 0 aliphatic carbocycles. The van der Waals surface area contributed by atoms with Crippen LogP contribution in [0.2, 0.25) is 0 Å². The van der Waals surface area contributed by atoms with Crippen molar-refractivity contribution in [1.82, 2.24) is 0 Å². The van der Waals surface area contributed by atoms with E-state index in [1.165, 1.54) is 6.07 Å². The van der Waals surface area contributed by atoms with Crippen LogP contribution in [0.5, 0.6) is 0 Å². The Hall–Kier alpha value is -0.890. The maximum absolute atomic E-state index is 12.9. The molecule has 0 aliphatic rings. The van der Waals surface area contributed by atoms with Gasteiger partial charge in [0, 0.05) is 0 Å². The normalized spacial score (nSPS) is 10.2. The van der Waals surface area contributed by atoms with E-state index in [9.17, 15) is 9.50 Å². The van der Waals surface area contributed by atoms with Gasteiger partial charge in [-0.15, -0.1) is 0 Å². The molecule has 12 heavy (non-hydrogen) atoms. The van der Waals surface area contributed by atoms with Crippen molar-refractivity contribution < 1.29 is 9.50 Å². The van der Waals surface area contributed by atoms with Crippen molar-refractivity contribution in [3.05, 3.63) is 35.6 Å². The topological polar surface area (TPSA) is 19.9 Å². The van der Waals surface area contributed by atoms with Crippen molar-refractivity contribution in [1.29, 1.82) is 0 Å². The second-order valence-electron chi connectivity index (χ2n) is 2.75. The molecule has 1 rings (SSSR count). The summed E-state index contributed by atoms with van der Waals surface area (Å²) in [5.41, 5.74) is 0.714. The van der Waals surface area contributed by atoms with Gasteiger partial charge in [-0.05, 0) is 30.9 Å². The lowest BCUT2D eigenvalue weighted by molar-refractivity contribution is 0.187. The minimum Gasteiger partial charge on any atom is -0.237 e. The van der Waals surface area contributed by atoms with E-state index < -0.39 is 0 Å². The minimum absolute atomic E-state index is 0.0611. The zero-order chi connectivity index (χ0) is 8.81. The first kappa shape index (κ1) is 9.20. The van der Waals surface area contributed by atoms with E-state index in [0.717, 1.165) is 6.42 Å². The van der Waals surface area contributed by atoms with E-state index in [1.807, 2.05) is 6.07 Å². The first-order chi connectivity index (χ1) is 5.84. The second kappa shape index (κ2) is 4.88. The highest BCUT2D eigenvalue weighted by Gasteiger charge is 1.98. The van der Waals surface area contributed by atoms with E-state index >= 15 is 0 Å². The van der Waals surface area contributed by atoms with Crippen LogP contribution < -0.4 is 0 Å². The molecule has 0 spiro atoms. The second-order valence-corrected chi connectivity index (χ2v) is 2.75. The highest BCUT2D eigenvalue weighted by Crippen LogP contribution is 2.09. The highest BCUT2D eigenvalue weighted by atomic mass is 19.1. The third-order valence-corrected chi connectivity index (χ3v) is 1.80. The van der Waals surface area contributed by atoms with Crippen LogP contribution in [0.3, 0.4) is 0 Å². The molecule has 0 bridgehead atoms. The summed E-state index contributed by atoms with van der Waals surface area (Å²) in [4.78, 5) is 0. The van der Waals surface area contributed by atoms with Crippen LogP contribution in [0.1, 0.15) is 18.4 Å². The van der Waals surface area contributed by atoms with Gasteiger partial charge in [-0.2, -0.15) is 0 Å². The Morgan fingerprint density at radius 1 is 1.17 bits per heavy atom. The fourth-order valence-corrected chi connectivity index (χ4v) is 1.12. The Balaban J connectivity index is 2.46. The lowest BCUT2D eigenvalue weighted by Gasteiger charge is -2.00. The smallest absolute Gasteiger partial charge is 0.126 e. The molecule has 0 unspecified atom stereocenters. The van der Waals surface area contributed by atoms with Gasteiger partial charge >= 0.3 is 0 Å². The van der Waals surface area contributed by atoms with Crippen molar-refractivity contribution in [3.63, 3.8) is 0 Å². The highest BCUT2D eigenvalue weighted by molar-refractivity contribution is 5.17. The fourth-order valence-electron chi connectivity index (χ4n) is 1.12. The summed E-state index contributed by atoms with van der Waals surface area (Å²) in [5.74, 6) is -0.164. The first-order valence-electron chi connectivity index (χ1n) is 4.16. The van der Waals surface area contributed by atoms with E-state index in [2.05, 4.69) is 0 Å². The molecule has 1 aromatic carbocycles. The summed E-state index contributed by atoms with van der Waals surface area (Å²) >= 11 is 0. The van der Waals surface area contributed by atoms with Gasteiger partial charge in [0.25, 0.3) is 0 Å². The lowest BCUT2D eigenvalue weighted by Crippen LogP contribution is -1.91. The fraction of sp³-hybridized carbons (Fsp3) is 0.400. The van der Waals surface area contributed by atoms with Crippen molar-refractivity contribution in [2.75, 3.05) is 6.61 Å². The number of aryl methyl sites for hydroxylation is 1. The van der Waals surface area contributed by atoms with E-state index in [0.29, 0.717) is 18.4 Å². The molecule has 0 saturated heterocycles. The van der Waals surface area contributed by atoms with Gasteiger partial charge in [-0.1, -0.05) is 18.2 Å². The van der Waals surface area contributed by atoms with Gasteiger partial charge in [0.2, 0.25) is 0 Å². The molecule has 0 atom stereocenters. The molecule has 0 amide bonds. The minimum atomic E-state index is -0.164. The average molecular weight is 167 g/mol. The number of rotatable bonds is 4. The summed E-state index contributed by atoms with van der Waals surface area (Å²) in [6, 6.07) is 6.70. The number of hydrogen-bond donors (Lipinski definition) is 0. The van der Waals surface area contributed by atoms with Crippen molar-refractivity contribution in [3.8, 4) is 0 Å². The van der Waals surface area contributed by atoms with Crippen LogP contribution in [0.15, 0.2) is 24.3 Å². The average Bonchev–Trinajstić information content (AvgIpc) is 2.09. The third-order valence-electron chi connectivity index (χ3n) is 1.80. The summed E-state index contributed by atoms with van der Waals surface area (Å²) in [6.45, 7) is -0.0611. The molecule has 0 N–H and O–H groups in total. The molecule has 1 nitrogen and oxygen atoms in total. The summed E-state index contributed by atoms with van der Waals surface area (Å²) in [7, 11) is 0. The molecule has 0 aliphatic heterocycles. The monoisotopic (exact) mass is 167 g/mol. The van der Waals surface area contributed by atoms with Crippen LogP contribution in [0, 0.1) is 5.82 Å². The lowest BCUT2D eigenvalue weighted by atomic mass is 10.1. The Bertz CT molecular complexity index is 235. The first-order valence-corrected chi connectivity index (χ1v) is 4.16. The predicted molar refractivity (Wildman–Crippen MR) is 44.9 cm³/mol. The molecule has 1 aromatic rings. The van der Waals surface area contributed by atoms with Gasteiger partial charge in [0.15, 0.2) is 0 Å². The summed E-state index contributed by atoms with van der Waals surface area (Å²) in [5, 5.41) is 10.1. The van der Waals surface area contributed by atoms with Gasteiger partial charge in [0.05, 0.1) is 6.61 Å². The zero-order valence-corrected chi connectivity index (χ0v) is 6.92. The molecule has 0 heterocycles. The summed E-state index contributed by atoms with van der Waals surface area (Å²) < 4.78 is 12.9. The molecule has 65 valence electrons. The SMILES string of the molecule is [O]CCCCc1ccccc1F. The number of benzene rings is 1. The number of halogens is 1. The molecule has 1 radical (unpaired) electrons. The van der Waals surface area contributed by atoms with Crippen LogP contribution in [0.4, 0.5) is 4.39 Å². The van der Waals surface area contributed by atoms with Gasteiger partial charge in [-0.25, -0.2) is 9.50 Å².